The molecule has 0 saturated carbocycles. The van der Waals surface area contributed by atoms with Gasteiger partial charge in [-0.25, -0.2) is 0 Å². The summed E-state index contributed by atoms with van der Waals surface area (Å²) in [5.41, 5.74) is 2.43. The highest BCUT2D eigenvalue weighted by Crippen LogP contribution is 2.21. The van der Waals surface area contributed by atoms with E-state index in [-0.39, 0.29) is 12.3 Å². The number of hydrogen-bond acceptors (Lipinski definition) is 2. The number of halogens is 1. The van der Waals surface area contributed by atoms with Crippen molar-refractivity contribution >= 4 is 11.6 Å². The van der Waals surface area contributed by atoms with Crippen LogP contribution in [0, 0.1) is 6.92 Å². The SMILES string of the molecule is Cc1ccc([C@H]2NC[C@H](CCl)O2)cc1. The smallest absolute Gasteiger partial charge is 0.134 e. The lowest BCUT2D eigenvalue weighted by atomic mass is 10.1. The number of ether oxygens (including phenoxy) is 1. The molecule has 1 N–H and O–H groups in total. The fourth-order valence-electron chi connectivity index (χ4n) is 1.56. The molecule has 0 amide bonds. The molecule has 1 heterocycles. The van der Waals surface area contributed by atoms with E-state index in [1.165, 1.54) is 11.1 Å². The Morgan fingerprint density at radius 3 is 2.71 bits per heavy atom. The third-order valence-electron chi connectivity index (χ3n) is 2.41. The first-order valence-electron chi connectivity index (χ1n) is 4.81. The summed E-state index contributed by atoms with van der Waals surface area (Å²) in [7, 11) is 0. The van der Waals surface area contributed by atoms with Gasteiger partial charge in [-0.3, -0.25) is 5.32 Å². The van der Waals surface area contributed by atoms with E-state index in [2.05, 4.69) is 36.5 Å². The number of alkyl halides is 1. The van der Waals surface area contributed by atoms with E-state index < -0.39 is 0 Å². The molecule has 1 aliphatic rings. The van der Waals surface area contributed by atoms with Crippen molar-refractivity contribution in [2.75, 3.05) is 12.4 Å². The van der Waals surface area contributed by atoms with Crippen molar-refractivity contribution in [3.63, 3.8) is 0 Å². The highest BCUT2D eigenvalue weighted by atomic mass is 35.5. The van der Waals surface area contributed by atoms with Crippen molar-refractivity contribution in [1.82, 2.24) is 5.32 Å². The molecule has 1 fully saturated rings. The second-order valence-electron chi connectivity index (χ2n) is 3.61. The van der Waals surface area contributed by atoms with Crippen molar-refractivity contribution in [3.05, 3.63) is 35.4 Å². The van der Waals surface area contributed by atoms with Crippen LogP contribution in [0.2, 0.25) is 0 Å². The molecule has 1 aromatic carbocycles. The third-order valence-corrected chi connectivity index (χ3v) is 2.76. The molecule has 0 spiro atoms. The Labute approximate surface area is 89.2 Å². The molecule has 0 aromatic heterocycles. The summed E-state index contributed by atoms with van der Waals surface area (Å²) >= 11 is 5.72. The quantitative estimate of drug-likeness (QED) is 0.758. The summed E-state index contributed by atoms with van der Waals surface area (Å²) in [5.74, 6) is 0.551. The van der Waals surface area contributed by atoms with Gasteiger partial charge in [0.2, 0.25) is 0 Å². The Bertz CT molecular complexity index is 299. The van der Waals surface area contributed by atoms with Crippen LogP contribution in [-0.2, 0) is 4.74 Å². The summed E-state index contributed by atoms with van der Waals surface area (Å²) in [6.45, 7) is 2.91. The maximum Gasteiger partial charge on any atom is 0.134 e. The molecular formula is C11H14ClNO. The molecule has 76 valence electrons. The number of hydrogen-bond donors (Lipinski definition) is 1. The van der Waals surface area contributed by atoms with E-state index in [1.807, 2.05) is 0 Å². The van der Waals surface area contributed by atoms with E-state index in [1.54, 1.807) is 0 Å². The molecule has 3 heteroatoms. The third kappa shape index (κ3) is 2.08. The predicted octanol–water partition coefficient (Wildman–Crippen LogP) is 2.22. The molecule has 1 aromatic rings. The van der Waals surface area contributed by atoms with Gasteiger partial charge in [0.05, 0.1) is 6.10 Å². The maximum absolute atomic E-state index is 5.72. The number of aryl methyl sites for hydroxylation is 1. The minimum absolute atomic E-state index is 0.0133. The van der Waals surface area contributed by atoms with Crippen molar-refractivity contribution in [2.45, 2.75) is 19.3 Å². The molecule has 0 unspecified atom stereocenters. The van der Waals surface area contributed by atoms with Gasteiger partial charge in [0.15, 0.2) is 0 Å². The van der Waals surface area contributed by atoms with Crippen LogP contribution < -0.4 is 5.32 Å². The van der Waals surface area contributed by atoms with Gasteiger partial charge in [-0.2, -0.15) is 0 Å². The first-order chi connectivity index (χ1) is 6.79. The van der Waals surface area contributed by atoms with E-state index >= 15 is 0 Å². The zero-order valence-corrected chi connectivity index (χ0v) is 8.92. The molecule has 1 aliphatic heterocycles. The van der Waals surface area contributed by atoms with E-state index in [0.29, 0.717) is 5.88 Å². The fourth-order valence-corrected chi connectivity index (χ4v) is 1.74. The van der Waals surface area contributed by atoms with Crippen LogP contribution in [0.3, 0.4) is 0 Å². The second kappa shape index (κ2) is 4.30. The second-order valence-corrected chi connectivity index (χ2v) is 3.92. The highest BCUT2D eigenvalue weighted by Gasteiger charge is 2.24. The van der Waals surface area contributed by atoms with Crippen LogP contribution >= 0.6 is 11.6 Å². The van der Waals surface area contributed by atoms with Gasteiger partial charge in [-0.05, 0) is 12.5 Å². The zero-order valence-electron chi connectivity index (χ0n) is 8.16. The van der Waals surface area contributed by atoms with Crippen LogP contribution in [0.1, 0.15) is 17.4 Å². The summed E-state index contributed by atoms with van der Waals surface area (Å²) in [6, 6.07) is 8.36. The van der Waals surface area contributed by atoms with Gasteiger partial charge in [0.1, 0.15) is 6.23 Å². The van der Waals surface area contributed by atoms with Gasteiger partial charge in [-0.15, -0.1) is 11.6 Å². The van der Waals surface area contributed by atoms with Crippen LogP contribution in [0.25, 0.3) is 0 Å². The molecule has 0 radical (unpaired) electrons. The van der Waals surface area contributed by atoms with Crippen molar-refractivity contribution in [2.24, 2.45) is 0 Å². The number of rotatable bonds is 2. The Kier molecular flexibility index (Phi) is 3.06. The van der Waals surface area contributed by atoms with Gasteiger partial charge in [0, 0.05) is 12.4 Å². The summed E-state index contributed by atoms with van der Waals surface area (Å²) in [5, 5.41) is 3.29. The fraction of sp³-hybridized carbons (Fsp3) is 0.455. The summed E-state index contributed by atoms with van der Waals surface area (Å²) in [6.07, 6.45) is 0.155. The average Bonchev–Trinajstić information content (AvgIpc) is 2.67. The van der Waals surface area contributed by atoms with E-state index in [0.717, 1.165) is 6.54 Å². The van der Waals surface area contributed by atoms with Crippen LogP contribution in [0.4, 0.5) is 0 Å². The van der Waals surface area contributed by atoms with Crippen LogP contribution in [-0.4, -0.2) is 18.5 Å². The monoisotopic (exact) mass is 211 g/mol. The molecule has 2 nitrogen and oxygen atoms in total. The Balaban J connectivity index is 2.06. The zero-order chi connectivity index (χ0) is 9.97. The molecule has 14 heavy (non-hydrogen) atoms. The van der Waals surface area contributed by atoms with Crippen molar-refractivity contribution < 1.29 is 4.74 Å². The topological polar surface area (TPSA) is 21.3 Å². The van der Waals surface area contributed by atoms with E-state index in [4.69, 9.17) is 16.3 Å². The van der Waals surface area contributed by atoms with Crippen LogP contribution in [0.5, 0.6) is 0 Å². The molecule has 2 rings (SSSR count). The summed E-state index contributed by atoms with van der Waals surface area (Å²) < 4.78 is 5.69. The van der Waals surface area contributed by atoms with Gasteiger partial charge < -0.3 is 4.74 Å². The highest BCUT2D eigenvalue weighted by molar-refractivity contribution is 6.18. The lowest BCUT2D eigenvalue weighted by Gasteiger charge is -2.11. The molecule has 2 atom stereocenters. The van der Waals surface area contributed by atoms with Gasteiger partial charge in [0.25, 0.3) is 0 Å². The van der Waals surface area contributed by atoms with Gasteiger partial charge in [-0.1, -0.05) is 29.8 Å². The molecular weight excluding hydrogens is 198 g/mol. The number of nitrogens with one attached hydrogen (secondary N) is 1. The van der Waals surface area contributed by atoms with Crippen LogP contribution in [0.15, 0.2) is 24.3 Å². The van der Waals surface area contributed by atoms with E-state index in [9.17, 15) is 0 Å². The standard InChI is InChI=1S/C11H14ClNO/c1-8-2-4-9(5-3-8)11-13-7-10(6-12)14-11/h2-5,10-11,13H,6-7H2,1H3/t10-,11-/m0/s1. The lowest BCUT2D eigenvalue weighted by Crippen LogP contribution is -2.15. The number of benzene rings is 1. The minimum atomic E-state index is 0.0133. The van der Waals surface area contributed by atoms with Gasteiger partial charge >= 0.3 is 0 Å². The maximum atomic E-state index is 5.72. The Morgan fingerprint density at radius 1 is 1.43 bits per heavy atom. The first kappa shape index (κ1) is 9.97. The Hall–Kier alpha value is -0.570. The first-order valence-corrected chi connectivity index (χ1v) is 5.34. The molecule has 0 aliphatic carbocycles. The van der Waals surface area contributed by atoms with Crippen molar-refractivity contribution in [1.29, 1.82) is 0 Å². The normalized spacial score (nSPS) is 26.7. The Morgan fingerprint density at radius 2 is 2.14 bits per heavy atom. The minimum Gasteiger partial charge on any atom is -0.353 e. The lowest BCUT2D eigenvalue weighted by molar-refractivity contribution is 0.0528. The summed E-state index contributed by atoms with van der Waals surface area (Å²) in [4.78, 5) is 0. The van der Waals surface area contributed by atoms with Crippen molar-refractivity contribution in [3.8, 4) is 0 Å². The average molecular weight is 212 g/mol. The predicted molar refractivity (Wildman–Crippen MR) is 57.5 cm³/mol. The molecule has 1 saturated heterocycles. The largest absolute Gasteiger partial charge is 0.353 e. The molecule has 0 bridgehead atoms.